The topological polar surface area (TPSA) is 54.2 Å². The Morgan fingerprint density at radius 1 is 1.20 bits per heavy atom. The fraction of sp³-hybridized carbons (Fsp3) is 0.474. The molecule has 0 unspecified atom stereocenters. The fourth-order valence-electron chi connectivity index (χ4n) is 2.59. The van der Waals surface area contributed by atoms with Gasteiger partial charge in [-0.25, -0.2) is 4.98 Å². The molecule has 6 heteroatoms. The van der Waals surface area contributed by atoms with Crippen LogP contribution in [0.4, 0.5) is 0 Å². The van der Waals surface area contributed by atoms with E-state index in [0.717, 1.165) is 31.4 Å². The van der Waals surface area contributed by atoms with Gasteiger partial charge in [0.15, 0.2) is 5.96 Å². The average Bonchev–Trinajstić information content (AvgIpc) is 2.99. The molecule has 2 N–H and O–H groups in total. The molecule has 5 nitrogen and oxygen atoms in total. The summed E-state index contributed by atoms with van der Waals surface area (Å²) in [5.41, 5.74) is 2.53. The van der Waals surface area contributed by atoms with Crippen molar-refractivity contribution >= 4 is 29.9 Å². The van der Waals surface area contributed by atoms with Crippen molar-refractivity contribution < 1.29 is 0 Å². The van der Waals surface area contributed by atoms with E-state index in [2.05, 4.69) is 56.4 Å². The predicted octanol–water partition coefficient (Wildman–Crippen LogP) is 3.71. The summed E-state index contributed by atoms with van der Waals surface area (Å²) >= 11 is 0. The van der Waals surface area contributed by atoms with Gasteiger partial charge in [-0.15, -0.1) is 24.0 Å². The highest BCUT2D eigenvalue weighted by molar-refractivity contribution is 14.0. The molecule has 0 saturated carbocycles. The second kappa shape index (κ2) is 11.9. The maximum atomic E-state index is 4.28. The Kier molecular flexibility index (Phi) is 10.2. The lowest BCUT2D eigenvalue weighted by Gasteiger charge is -2.13. The van der Waals surface area contributed by atoms with Crippen LogP contribution in [0.2, 0.25) is 0 Å². The van der Waals surface area contributed by atoms with E-state index in [-0.39, 0.29) is 24.0 Å². The van der Waals surface area contributed by atoms with Crippen LogP contribution < -0.4 is 10.6 Å². The van der Waals surface area contributed by atoms with E-state index in [9.17, 15) is 0 Å². The number of unbranched alkanes of at least 4 members (excludes halogenated alkanes) is 2. The molecule has 138 valence electrons. The summed E-state index contributed by atoms with van der Waals surface area (Å²) in [4.78, 5) is 8.55. The highest BCUT2D eigenvalue weighted by Gasteiger charge is 2.02. The van der Waals surface area contributed by atoms with Gasteiger partial charge in [0, 0.05) is 39.1 Å². The third-order valence-corrected chi connectivity index (χ3v) is 4.02. The van der Waals surface area contributed by atoms with Crippen LogP contribution in [0.3, 0.4) is 0 Å². The van der Waals surface area contributed by atoms with Gasteiger partial charge in [-0.1, -0.05) is 44.0 Å². The maximum Gasteiger partial charge on any atom is 0.191 e. The van der Waals surface area contributed by atoms with E-state index in [4.69, 9.17) is 0 Å². The molecule has 0 spiro atoms. The predicted molar refractivity (Wildman–Crippen MR) is 116 cm³/mol. The van der Waals surface area contributed by atoms with Gasteiger partial charge in [-0.2, -0.15) is 0 Å². The summed E-state index contributed by atoms with van der Waals surface area (Å²) in [6.45, 7) is 6.83. The van der Waals surface area contributed by atoms with E-state index < -0.39 is 0 Å². The van der Waals surface area contributed by atoms with Crippen LogP contribution in [0.1, 0.15) is 43.1 Å². The molecule has 2 aromatic rings. The number of rotatable bonds is 8. The maximum absolute atomic E-state index is 4.28. The Labute approximate surface area is 168 Å². The summed E-state index contributed by atoms with van der Waals surface area (Å²) in [6, 6.07) is 8.63. The summed E-state index contributed by atoms with van der Waals surface area (Å²) < 4.78 is 2.15. The molecule has 0 amide bonds. The van der Waals surface area contributed by atoms with Crippen molar-refractivity contribution in [2.45, 2.75) is 46.2 Å². The first kappa shape index (κ1) is 21.5. The molecule has 1 aromatic carbocycles. The van der Waals surface area contributed by atoms with Gasteiger partial charge in [0.25, 0.3) is 0 Å². The number of hydrogen-bond donors (Lipinski definition) is 2. The number of aromatic nitrogens is 2. The minimum Gasteiger partial charge on any atom is -0.356 e. The lowest BCUT2D eigenvalue weighted by molar-refractivity contribution is 0.682. The normalized spacial score (nSPS) is 11.1. The number of benzene rings is 1. The van der Waals surface area contributed by atoms with Gasteiger partial charge < -0.3 is 15.2 Å². The Morgan fingerprint density at radius 3 is 2.68 bits per heavy atom. The molecule has 1 aromatic heterocycles. The van der Waals surface area contributed by atoms with Crippen molar-refractivity contribution in [2.24, 2.45) is 4.99 Å². The van der Waals surface area contributed by atoms with Gasteiger partial charge in [0.2, 0.25) is 0 Å². The van der Waals surface area contributed by atoms with E-state index in [1.54, 1.807) is 0 Å². The molecule has 2 rings (SSSR count). The zero-order chi connectivity index (χ0) is 17.2. The standard InChI is InChI=1S/C19H29N5.HI/c1-4-5-6-10-22-19(20-3)23-14-17-8-7-9-18(13-17)15-24-12-11-21-16(24)2;/h7-9,11-13H,4-6,10,14-15H2,1-3H3,(H2,20,22,23);1H. The first-order valence-corrected chi connectivity index (χ1v) is 8.73. The Balaban J connectivity index is 0.00000312. The molecule has 25 heavy (non-hydrogen) atoms. The van der Waals surface area contributed by atoms with Crippen LogP contribution >= 0.6 is 24.0 Å². The summed E-state index contributed by atoms with van der Waals surface area (Å²) in [6.07, 6.45) is 7.52. The van der Waals surface area contributed by atoms with Crippen LogP contribution in [-0.4, -0.2) is 29.1 Å². The molecule has 0 aliphatic rings. The zero-order valence-corrected chi connectivity index (χ0v) is 17.8. The minimum atomic E-state index is 0. The molecule has 0 aliphatic heterocycles. The van der Waals surface area contributed by atoms with Crippen molar-refractivity contribution in [1.82, 2.24) is 20.2 Å². The molecular formula is C19H30IN5. The van der Waals surface area contributed by atoms with Crippen LogP contribution in [-0.2, 0) is 13.1 Å². The van der Waals surface area contributed by atoms with Crippen molar-refractivity contribution in [3.63, 3.8) is 0 Å². The number of imidazole rings is 1. The van der Waals surface area contributed by atoms with Gasteiger partial charge in [-0.05, 0) is 24.5 Å². The number of nitrogens with one attached hydrogen (secondary N) is 2. The van der Waals surface area contributed by atoms with Crippen LogP contribution in [0.5, 0.6) is 0 Å². The third-order valence-electron chi connectivity index (χ3n) is 4.02. The number of hydrogen-bond acceptors (Lipinski definition) is 2. The molecule has 0 bridgehead atoms. The molecule has 1 heterocycles. The highest BCUT2D eigenvalue weighted by atomic mass is 127. The van der Waals surface area contributed by atoms with Crippen LogP contribution in [0.15, 0.2) is 41.7 Å². The Morgan fingerprint density at radius 2 is 2.00 bits per heavy atom. The van der Waals surface area contributed by atoms with Crippen molar-refractivity contribution in [3.8, 4) is 0 Å². The van der Waals surface area contributed by atoms with Gasteiger partial charge in [0.05, 0.1) is 0 Å². The summed E-state index contributed by atoms with van der Waals surface area (Å²) in [7, 11) is 1.81. The quantitative estimate of drug-likeness (QED) is 0.276. The van der Waals surface area contributed by atoms with Crippen molar-refractivity contribution in [2.75, 3.05) is 13.6 Å². The Hall–Kier alpha value is -1.57. The molecule has 0 aliphatic carbocycles. The van der Waals surface area contributed by atoms with E-state index >= 15 is 0 Å². The third kappa shape index (κ3) is 7.46. The smallest absolute Gasteiger partial charge is 0.191 e. The van der Waals surface area contributed by atoms with E-state index in [1.807, 2.05) is 26.4 Å². The lowest BCUT2D eigenvalue weighted by Crippen LogP contribution is -2.37. The fourth-order valence-corrected chi connectivity index (χ4v) is 2.59. The number of aliphatic imine (C=N–C) groups is 1. The zero-order valence-electron chi connectivity index (χ0n) is 15.5. The van der Waals surface area contributed by atoms with Crippen molar-refractivity contribution in [1.29, 1.82) is 0 Å². The van der Waals surface area contributed by atoms with Crippen LogP contribution in [0.25, 0.3) is 0 Å². The second-order valence-electron chi connectivity index (χ2n) is 5.98. The monoisotopic (exact) mass is 455 g/mol. The molecule has 0 radical (unpaired) electrons. The number of nitrogens with zero attached hydrogens (tertiary/aromatic N) is 3. The molecule has 0 atom stereocenters. The number of aryl methyl sites for hydroxylation is 1. The Bertz CT molecular complexity index is 651. The molecule has 0 saturated heterocycles. The van der Waals surface area contributed by atoms with Gasteiger partial charge in [0.1, 0.15) is 5.82 Å². The number of guanidine groups is 1. The van der Waals surface area contributed by atoms with Crippen molar-refractivity contribution in [3.05, 3.63) is 53.6 Å². The van der Waals surface area contributed by atoms with Gasteiger partial charge >= 0.3 is 0 Å². The van der Waals surface area contributed by atoms with Crippen LogP contribution in [0, 0.1) is 6.92 Å². The largest absolute Gasteiger partial charge is 0.356 e. The lowest BCUT2D eigenvalue weighted by atomic mass is 10.1. The minimum absolute atomic E-state index is 0. The summed E-state index contributed by atoms with van der Waals surface area (Å²) in [5, 5.41) is 6.74. The first-order valence-electron chi connectivity index (χ1n) is 8.73. The number of halogens is 1. The van der Waals surface area contributed by atoms with Gasteiger partial charge in [-0.3, -0.25) is 4.99 Å². The second-order valence-corrected chi connectivity index (χ2v) is 5.98. The molecule has 0 fully saturated rings. The summed E-state index contributed by atoms with van der Waals surface area (Å²) in [5.74, 6) is 1.90. The molecular weight excluding hydrogens is 425 g/mol. The highest BCUT2D eigenvalue weighted by Crippen LogP contribution is 2.08. The first-order chi connectivity index (χ1) is 11.7. The average molecular weight is 455 g/mol. The SMILES string of the molecule is CCCCCNC(=NC)NCc1cccc(Cn2ccnc2C)c1.I. The van der Waals surface area contributed by atoms with E-state index in [0.29, 0.717) is 0 Å². The van der Waals surface area contributed by atoms with E-state index in [1.165, 1.54) is 30.4 Å².